The van der Waals surface area contributed by atoms with Gasteiger partial charge in [0.25, 0.3) is 0 Å². The lowest BCUT2D eigenvalue weighted by Crippen LogP contribution is -2.38. The molecule has 0 aromatic heterocycles. The maximum atomic E-state index is 12.0. The van der Waals surface area contributed by atoms with Crippen LogP contribution in [0.15, 0.2) is 0 Å². The van der Waals surface area contributed by atoms with E-state index in [0.717, 1.165) is 25.4 Å². The van der Waals surface area contributed by atoms with E-state index in [-0.39, 0.29) is 11.8 Å². The summed E-state index contributed by atoms with van der Waals surface area (Å²) in [7, 11) is -3.08. The Morgan fingerprint density at radius 1 is 1.11 bits per heavy atom. The monoisotopic (exact) mass is 288 g/mol. The van der Waals surface area contributed by atoms with E-state index in [1.54, 1.807) is 0 Å². The van der Waals surface area contributed by atoms with E-state index in [0.29, 0.717) is 5.92 Å². The van der Waals surface area contributed by atoms with Crippen LogP contribution in [0.25, 0.3) is 0 Å². The lowest BCUT2D eigenvalue weighted by molar-refractivity contribution is 0.423. The summed E-state index contributed by atoms with van der Waals surface area (Å²) in [6.07, 6.45) is 9.15. The van der Waals surface area contributed by atoms with Crippen LogP contribution in [0.5, 0.6) is 0 Å². The van der Waals surface area contributed by atoms with Gasteiger partial charge in [-0.05, 0) is 57.9 Å². The number of nitrogens with one attached hydrogen (secondary N) is 2. The van der Waals surface area contributed by atoms with Gasteiger partial charge in [0.2, 0.25) is 10.0 Å². The highest BCUT2D eigenvalue weighted by Gasteiger charge is 2.25. The summed E-state index contributed by atoms with van der Waals surface area (Å²) in [5, 5.41) is 3.41. The second-order valence-corrected chi connectivity index (χ2v) is 8.08. The summed E-state index contributed by atoms with van der Waals surface area (Å²) >= 11 is 0. The number of hydrogen-bond donors (Lipinski definition) is 2. The van der Waals surface area contributed by atoms with Crippen molar-refractivity contribution in [1.82, 2.24) is 10.0 Å². The Kier molecular flexibility index (Phi) is 5.66. The molecule has 0 aromatic carbocycles. The highest BCUT2D eigenvalue weighted by molar-refractivity contribution is 7.89. The van der Waals surface area contributed by atoms with Crippen LogP contribution in [0.2, 0.25) is 0 Å². The third-order valence-corrected chi connectivity index (χ3v) is 5.88. The Morgan fingerprint density at radius 3 is 2.42 bits per heavy atom. The molecule has 0 radical (unpaired) electrons. The highest BCUT2D eigenvalue weighted by atomic mass is 32.2. The maximum absolute atomic E-state index is 12.0. The second-order valence-electron chi connectivity index (χ2n) is 6.21. The quantitative estimate of drug-likeness (QED) is 0.638. The van der Waals surface area contributed by atoms with Gasteiger partial charge < -0.3 is 5.32 Å². The van der Waals surface area contributed by atoms with Gasteiger partial charge in [0, 0.05) is 12.1 Å². The minimum absolute atomic E-state index is 0.108. The molecule has 2 saturated carbocycles. The normalized spacial score (nSPS) is 22.8. The van der Waals surface area contributed by atoms with Crippen LogP contribution in [0, 0.1) is 5.92 Å². The summed E-state index contributed by atoms with van der Waals surface area (Å²) in [5.74, 6) is 0.822. The van der Waals surface area contributed by atoms with Gasteiger partial charge >= 0.3 is 0 Å². The Morgan fingerprint density at radius 2 is 1.79 bits per heavy atom. The molecule has 0 spiro atoms. The fourth-order valence-corrected chi connectivity index (χ4v) is 4.37. The standard InChI is InChI=1S/C14H28N2O2S/c1-12(13-6-2-3-7-13)16-19(17,18)11-5-4-10-15-14-8-9-14/h12-16H,2-11H2,1H3. The second kappa shape index (κ2) is 7.04. The van der Waals surface area contributed by atoms with Gasteiger partial charge in [-0.25, -0.2) is 13.1 Å². The van der Waals surface area contributed by atoms with Crippen molar-refractivity contribution in [1.29, 1.82) is 0 Å². The largest absolute Gasteiger partial charge is 0.314 e. The van der Waals surface area contributed by atoms with Crippen LogP contribution < -0.4 is 10.0 Å². The lowest BCUT2D eigenvalue weighted by Gasteiger charge is -2.20. The van der Waals surface area contributed by atoms with Gasteiger partial charge in [0.05, 0.1) is 5.75 Å². The van der Waals surface area contributed by atoms with Crippen molar-refractivity contribution < 1.29 is 8.42 Å². The van der Waals surface area contributed by atoms with Crippen LogP contribution in [0.1, 0.15) is 58.3 Å². The molecule has 5 heteroatoms. The first-order valence-electron chi connectivity index (χ1n) is 7.80. The Hall–Kier alpha value is -0.130. The molecule has 2 aliphatic rings. The Bertz CT molecular complexity index is 360. The summed E-state index contributed by atoms with van der Waals surface area (Å²) in [4.78, 5) is 0. The first-order chi connectivity index (χ1) is 9.07. The number of unbranched alkanes of at least 4 members (excludes halogenated alkanes) is 1. The summed E-state index contributed by atoms with van der Waals surface area (Å²) < 4.78 is 26.8. The molecule has 0 bridgehead atoms. The molecular formula is C14H28N2O2S. The molecule has 19 heavy (non-hydrogen) atoms. The van der Waals surface area contributed by atoms with Crippen molar-refractivity contribution in [3.05, 3.63) is 0 Å². The van der Waals surface area contributed by atoms with Crippen molar-refractivity contribution >= 4 is 10.0 Å². The van der Waals surface area contributed by atoms with E-state index in [2.05, 4.69) is 10.0 Å². The minimum Gasteiger partial charge on any atom is -0.314 e. The van der Waals surface area contributed by atoms with E-state index in [1.165, 1.54) is 38.5 Å². The summed E-state index contributed by atoms with van der Waals surface area (Å²) in [6.45, 7) is 2.97. The zero-order valence-electron chi connectivity index (χ0n) is 12.0. The molecule has 2 aliphatic carbocycles. The van der Waals surface area contributed by atoms with Gasteiger partial charge in [0.1, 0.15) is 0 Å². The van der Waals surface area contributed by atoms with Crippen LogP contribution in [-0.4, -0.2) is 32.8 Å². The van der Waals surface area contributed by atoms with Gasteiger partial charge in [0.15, 0.2) is 0 Å². The maximum Gasteiger partial charge on any atom is 0.211 e. The average molecular weight is 288 g/mol. The van der Waals surface area contributed by atoms with Crippen LogP contribution in [-0.2, 0) is 10.0 Å². The first-order valence-corrected chi connectivity index (χ1v) is 9.45. The third kappa shape index (κ3) is 5.79. The lowest BCUT2D eigenvalue weighted by atomic mass is 10.0. The SMILES string of the molecule is CC(NS(=O)(=O)CCCCNC1CC1)C1CCCC1. The third-order valence-electron chi connectivity index (χ3n) is 4.32. The van der Waals surface area contributed by atoms with Crippen molar-refractivity contribution in [3.8, 4) is 0 Å². The van der Waals surface area contributed by atoms with E-state index in [9.17, 15) is 8.42 Å². The molecule has 0 heterocycles. The molecule has 4 nitrogen and oxygen atoms in total. The molecule has 2 N–H and O–H groups in total. The average Bonchev–Trinajstić information content (AvgIpc) is 3.00. The van der Waals surface area contributed by atoms with E-state index in [1.807, 2.05) is 6.92 Å². The minimum atomic E-state index is -3.08. The number of rotatable bonds is 9. The van der Waals surface area contributed by atoms with Crippen molar-refractivity contribution in [2.45, 2.75) is 70.4 Å². The molecule has 0 saturated heterocycles. The summed E-state index contributed by atoms with van der Waals surface area (Å²) in [5.41, 5.74) is 0. The van der Waals surface area contributed by atoms with Gasteiger partial charge in [-0.3, -0.25) is 0 Å². The molecule has 0 aromatic rings. The van der Waals surface area contributed by atoms with Crippen molar-refractivity contribution in [2.24, 2.45) is 5.92 Å². The van der Waals surface area contributed by atoms with Crippen LogP contribution in [0.4, 0.5) is 0 Å². The Labute approximate surface area is 117 Å². The highest BCUT2D eigenvalue weighted by Crippen LogP contribution is 2.27. The molecule has 112 valence electrons. The molecular weight excluding hydrogens is 260 g/mol. The summed E-state index contributed by atoms with van der Waals surface area (Å²) in [6, 6.07) is 0.828. The molecule has 2 fully saturated rings. The first kappa shape index (κ1) is 15.3. The van der Waals surface area contributed by atoms with E-state index < -0.39 is 10.0 Å². The molecule has 0 amide bonds. The fourth-order valence-electron chi connectivity index (χ4n) is 2.91. The van der Waals surface area contributed by atoms with Crippen molar-refractivity contribution in [2.75, 3.05) is 12.3 Å². The van der Waals surface area contributed by atoms with Gasteiger partial charge in [-0.2, -0.15) is 0 Å². The van der Waals surface area contributed by atoms with Gasteiger partial charge in [-0.1, -0.05) is 12.8 Å². The predicted octanol–water partition coefficient (Wildman–Crippen LogP) is 2.02. The predicted molar refractivity (Wildman–Crippen MR) is 78.6 cm³/mol. The molecule has 1 atom stereocenters. The van der Waals surface area contributed by atoms with E-state index in [4.69, 9.17) is 0 Å². The Balaban J connectivity index is 1.59. The smallest absolute Gasteiger partial charge is 0.211 e. The zero-order chi connectivity index (χ0) is 13.7. The number of sulfonamides is 1. The zero-order valence-corrected chi connectivity index (χ0v) is 12.8. The molecule has 2 rings (SSSR count). The molecule has 0 aliphatic heterocycles. The fraction of sp³-hybridized carbons (Fsp3) is 1.00. The van der Waals surface area contributed by atoms with Crippen LogP contribution >= 0.6 is 0 Å². The van der Waals surface area contributed by atoms with Crippen molar-refractivity contribution in [3.63, 3.8) is 0 Å². The topological polar surface area (TPSA) is 58.2 Å². The van der Waals surface area contributed by atoms with E-state index >= 15 is 0 Å². The number of hydrogen-bond acceptors (Lipinski definition) is 3. The molecule has 1 unspecified atom stereocenters. The van der Waals surface area contributed by atoms with Crippen LogP contribution in [0.3, 0.4) is 0 Å². The van der Waals surface area contributed by atoms with Gasteiger partial charge in [-0.15, -0.1) is 0 Å².